The number of rotatable bonds is 3. The zero-order chi connectivity index (χ0) is 10.8. The van der Waals surface area contributed by atoms with E-state index in [1.54, 1.807) is 13.1 Å². The van der Waals surface area contributed by atoms with E-state index in [1.165, 1.54) is 6.20 Å². The van der Waals surface area contributed by atoms with Gasteiger partial charge in [0.25, 0.3) is 5.91 Å². The Kier molecular flexibility index (Phi) is 2.77. The maximum atomic E-state index is 11.5. The molecule has 0 bridgehead atoms. The van der Waals surface area contributed by atoms with Crippen LogP contribution < -0.4 is 10.6 Å². The van der Waals surface area contributed by atoms with Gasteiger partial charge in [-0.15, -0.1) is 0 Å². The molecule has 80 valence electrons. The maximum Gasteiger partial charge on any atom is 0.254 e. The van der Waals surface area contributed by atoms with Crippen LogP contribution in [0.3, 0.4) is 0 Å². The number of pyridine rings is 1. The van der Waals surface area contributed by atoms with Gasteiger partial charge in [-0.2, -0.15) is 0 Å². The van der Waals surface area contributed by atoms with Crippen LogP contribution in [0.2, 0.25) is 5.15 Å². The van der Waals surface area contributed by atoms with Crippen LogP contribution in [0.5, 0.6) is 0 Å². The second kappa shape index (κ2) is 4.06. The quantitative estimate of drug-likeness (QED) is 0.770. The van der Waals surface area contributed by atoms with Crippen molar-refractivity contribution in [1.82, 2.24) is 10.3 Å². The minimum absolute atomic E-state index is 0.151. The van der Waals surface area contributed by atoms with E-state index >= 15 is 0 Å². The van der Waals surface area contributed by atoms with Crippen molar-refractivity contribution in [3.63, 3.8) is 0 Å². The smallest absolute Gasteiger partial charge is 0.254 e. The van der Waals surface area contributed by atoms with Gasteiger partial charge in [-0.1, -0.05) is 11.6 Å². The number of nitrogens with one attached hydrogen (secondary N) is 2. The molecular formula is C10H12ClN3O. The molecule has 1 aliphatic carbocycles. The molecule has 0 unspecified atom stereocenters. The first kappa shape index (κ1) is 10.2. The van der Waals surface area contributed by atoms with E-state index in [4.69, 9.17) is 11.6 Å². The van der Waals surface area contributed by atoms with Crippen LogP contribution >= 0.6 is 11.6 Å². The van der Waals surface area contributed by atoms with E-state index in [0.717, 1.165) is 18.5 Å². The highest BCUT2D eigenvalue weighted by atomic mass is 35.5. The number of carbonyl (C=O) groups excluding carboxylic acids is 1. The Bertz CT molecular complexity index is 390. The number of amides is 1. The SMILES string of the molecule is CNC(=O)c1cnc(Cl)cc1NC1CC1. The van der Waals surface area contributed by atoms with Crippen molar-refractivity contribution in [2.24, 2.45) is 0 Å². The van der Waals surface area contributed by atoms with E-state index < -0.39 is 0 Å². The summed E-state index contributed by atoms with van der Waals surface area (Å²) in [5.74, 6) is -0.151. The van der Waals surface area contributed by atoms with Crippen molar-refractivity contribution in [2.45, 2.75) is 18.9 Å². The molecule has 0 atom stereocenters. The predicted molar refractivity (Wildman–Crippen MR) is 59.3 cm³/mol. The summed E-state index contributed by atoms with van der Waals surface area (Å²) in [6, 6.07) is 2.16. The lowest BCUT2D eigenvalue weighted by atomic mass is 10.2. The third-order valence-electron chi connectivity index (χ3n) is 2.28. The van der Waals surface area contributed by atoms with Crippen molar-refractivity contribution in [1.29, 1.82) is 0 Å². The molecule has 1 fully saturated rings. The van der Waals surface area contributed by atoms with Crippen molar-refractivity contribution in [3.8, 4) is 0 Å². The first-order chi connectivity index (χ1) is 7.20. The molecule has 0 aliphatic heterocycles. The third kappa shape index (κ3) is 2.39. The van der Waals surface area contributed by atoms with Crippen LogP contribution in [-0.4, -0.2) is 24.0 Å². The fraction of sp³-hybridized carbons (Fsp3) is 0.400. The summed E-state index contributed by atoms with van der Waals surface area (Å²) in [6.07, 6.45) is 3.78. The summed E-state index contributed by atoms with van der Waals surface area (Å²) in [4.78, 5) is 15.4. The molecule has 2 rings (SSSR count). The molecule has 1 aromatic rings. The normalized spacial score (nSPS) is 14.8. The maximum absolute atomic E-state index is 11.5. The number of aromatic nitrogens is 1. The summed E-state index contributed by atoms with van der Waals surface area (Å²) in [5, 5.41) is 6.22. The Morgan fingerprint density at radius 2 is 2.33 bits per heavy atom. The number of nitrogens with zero attached hydrogens (tertiary/aromatic N) is 1. The number of carbonyl (C=O) groups is 1. The summed E-state index contributed by atoms with van der Waals surface area (Å²) in [7, 11) is 1.60. The topological polar surface area (TPSA) is 54.0 Å². The third-order valence-corrected chi connectivity index (χ3v) is 2.49. The van der Waals surface area contributed by atoms with Gasteiger partial charge in [-0.3, -0.25) is 4.79 Å². The van der Waals surface area contributed by atoms with Crippen molar-refractivity contribution in [3.05, 3.63) is 23.0 Å². The predicted octanol–water partition coefficient (Wildman–Crippen LogP) is 1.67. The highest BCUT2D eigenvalue weighted by Crippen LogP contribution is 2.27. The molecule has 0 radical (unpaired) electrons. The second-order valence-electron chi connectivity index (χ2n) is 3.55. The second-order valence-corrected chi connectivity index (χ2v) is 3.94. The van der Waals surface area contributed by atoms with E-state index in [9.17, 15) is 4.79 Å². The van der Waals surface area contributed by atoms with Gasteiger partial charge < -0.3 is 10.6 Å². The van der Waals surface area contributed by atoms with Crippen molar-refractivity contribution in [2.75, 3.05) is 12.4 Å². The van der Waals surface area contributed by atoms with E-state index in [-0.39, 0.29) is 5.91 Å². The van der Waals surface area contributed by atoms with Crippen LogP contribution in [0, 0.1) is 0 Å². The molecule has 1 amide bonds. The van der Waals surface area contributed by atoms with Crippen molar-refractivity contribution < 1.29 is 4.79 Å². The Balaban J connectivity index is 2.29. The average Bonchev–Trinajstić information content (AvgIpc) is 3.01. The van der Waals surface area contributed by atoms with Crippen LogP contribution in [0.4, 0.5) is 5.69 Å². The van der Waals surface area contributed by atoms with E-state index in [0.29, 0.717) is 16.8 Å². The fourth-order valence-corrected chi connectivity index (χ4v) is 1.47. The first-order valence-corrected chi connectivity index (χ1v) is 5.22. The number of hydrogen-bond acceptors (Lipinski definition) is 3. The molecule has 5 heteroatoms. The highest BCUT2D eigenvalue weighted by Gasteiger charge is 2.23. The van der Waals surface area contributed by atoms with Crippen LogP contribution in [0.15, 0.2) is 12.3 Å². The Morgan fingerprint density at radius 3 is 2.93 bits per heavy atom. The Morgan fingerprint density at radius 1 is 1.60 bits per heavy atom. The Hall–Kier alpha value is -1.29. The average molecular weight is 226 g/mol. The van der Waals surface area contributed by atoms with Gasteiger partial charge in [0.1, 0.15) is 5.15 Å². The lowest BCUT2D eigenvalue weighted by Gasteiger charge is -2.09. The summed E-state index contributed by atoms with van der Waals surface area (Å²) >= 11 is 5.79. The first-order valence-electron chi connectivity index (χ1n) is 4.85. The van der Waals surface area contributed by atoms with Gasteiger partial charge in [0, 0.05) is 19.3 Å². The van der Waals surface area contributed by atoms with Crippen LogP contribution in [0.1, 0.15) is 23.2 Å². The largest absolute Gasteiger partial charge is 0.382 e. The molecule has 4 nitrogen and oxygen atoms in total. The molecular weight excluding hydrogens is 214 g/mol. The zero-order valence-electron chi connectivity index (χ0n) is 8.38. The molecule has 1 aliphatic rings. The van der Waals surface area contributed by atoms with E-state index in [1.807, 2.05) is 0 Å². The fourth-order valence-electron chi connectivity index (χ4n) is 1.31. The molecule has 0 aromatic carbocycles. The van der Waals surface area contributed by atoms with Crippen LogP contribution in [-0.2, 0) is 0 Å². The Labute approximate surface area is 93.0 Å². The molecule has 2 N–H and O–H groups in total. The van der Waals surface area contributed by atoms with Crippen LogP contribution in [0.25, 0.3) is 0 Å². The summed E-state index contributed by atoms with van der Waals surface area (Å²) in [6.45, 7) is 0. The van der Waals surface area contributed by atoms with E-state index in [2.05, 4.69) is 15.6 Å². The zero-order valence-corrected chi connectivity index (χ0v) is 9.14. The number of hydrogen-bond donors (Lipinski definition) is 2. The summed E-state index contributed by atoms with van der Waals surface area (Å²) in [5.41, 5.74) is 1.30. The standard InChI is InChI=1S/C10H12ClN3O/c1-12-10(15)7-5-13-9(11)4-8(7)14-6-2-3-6/h4-6H,2-3H2,1H3,(H,12,15)(H,13,14). The monoisotopic (exact) mass is 225 g/mol. The van der Waals surface area contributed by atoms with Gasteiger partial charge in [0.2, 0.25) is 0 Å². The highest BCUT2D eigenvalue weighted by molar-refractivity contribution is 6.29. The van der Waals surface area contributed by atoms with Gasteiger partial charge in [0.15, 0.2) is 0 Å². The van der Waals surface area contributed by atoms with Crippen molar-refractivity contribution >= 4 is 23.2 Å². The number of anilines is 1. The van der Waals surface area contributed by atoms with Gasteiger partial charge in [0.05, 0.1) is 11.3 Å². The molecule has 1 heterocycles. The van der Waals surface area contributed by atoms with Gasteiger partial charge >= 0.3 is 0 Å². The van der Waals surface area contributed by atoms with Gasteiger partial charge in [-0.05, 0) is 18.9 Å². The molecule has 0 saturated heterocycles. The number of halogens is 1. The molecule has 1 saturated carbocycles. The summed E-state index contributed by atoms with van der Waals surface area (Å²) < 4.78 is 0. The molecule has 15 heavy (non-hydrogen) atoms. The lowest BCUT2D eigenvalue weighted by Crippen LogP contribution is -2.20. The molecule has 1 aromatic heterocycles. The van der Waals surface area contributed by atoms with Gasteiger partial charge in [-0.25, -0.2) is 4.98 Å². The minimum Gasteiger partial charge on any atom is -0.382 e. The minimum atomic E-state index is -0.151. The molecule has 0 spiro atoms. The lowest BCUT2D eigenvalue weighted by molar-refractivity contribution is 0.0963.